The van der Waals surface area contributed by atoms with Gasteiger partial charge in [0.15, 0.2) is 0 Å². The number of halogens is 1. The second kappa shape index (κ2) is 7.09. The summed E-state index contributed by atoms with van der Waals surface area (Å²) in [7, 11) is 0. The number of nitrogens with one attached hydrogen (secondary N) is 1. The molecule has 2 aliphatic rings. The van der Waals surface area contributed by atoms with Crippen LogP contribution in [0, 0.1) is 5.92 Å². The van der Waals surface area contributed by atoms with Crippen molar-refractivity contribution in [3.8, 4) is 0 Å². The number of hydrogen-bond donors (Lipinski definition) is 1. The molecule has 0 radical (unpaired) electrons. The number of ether oxygens (including phenoxy) is 2. The van der Waals surface area contributed by atoms with E-state index in [0.717, 1.165) is 16.0 Å². The van der Waals surface area contributed by atoms with Gasteiger partial charge in [-0.05, 0) is 41.4 Å². The summed E-state index contributed by atoms with van der Waals surface area (Å²) in [6.07, 6.45) is 0.983. The number of amidine groups is 1. The minimum atomic E-state index is -0.624. The zero-order valence-corrected chi connectivity index (χ0v) is 16.5. The first-order valence-corrected chi connectivity index (χ1v) is 10.1. The molecule has 0 saturated carbocycles. The molecule has 0 bridgehead atoms. The fraction of sp³-hybridized carbons (Fsp3) is 0.389. The van der Waals surface area contributed by atoms with Gasteiger partial charge in [-0.25, -0.2) is 9.98 Å². The van der Waals surface area contributed by atoms with Gasteiger partial charge in [0.1, 0.15) is 15.1 Å². The summed E-state index contributed by atoms with van der Waals surface area (Å²) in [4.78, 5) is 21.8. The van der Waals surface area contributed by atoms with Gasteiger partial charge in [-0.3, -0.25) is 10.1 Å². The molecule has 2 aromatic rings. The summed E-state index contributed by atoms with van der Waals surface area (Å²) >= 11 is 4.96. The minimum absolute atomic E-state index is 0.149. The van der Waals surface area contributed by atoms with Gasteiger partial charge in [0.05, 0.1) is 19.3 Å². The largest absolute Gasteiger partial charge is 0.465 e. The Bertz CT molecular complexity index is 841. The third-order valence-electron chi connectivity index (χ3n) is 4.70. The maximum Gasteiger partial charge on any atom is 0.292 e. The molecule has 4 rings (SSSR count). The molecule has 1 amide bonds. The highest BCUT2D eigenvalue weighted by Gasteiger charge is 2.50. The third-order valence-corrected chi connectivity index (χ3v) is 6.42. The van der Waals surface area contributed by atoms with Crippen LogP contribution in [0.15, 0.2) is 45.3 Å². The van der Waals surface area contributed by atoms with Crippen LogP contribution in [0.1, 0.15) is 28.7 Å². The zero-order chi connectivity index (χ0) is 18.1. The molecule has 3 heterocycles. The quantitative estimate of drug-likeness (QED) is 0.784. The molecule has 1 aromatic carbocycles. The molecule has 3 atom stereocenters. The third kappa shape index (κ3) is 3.28. The minimum Gasteiger partial charge on any atom is -0.465 e. The van der Waals surface area contributed by atoms with Crippen LogP contribution in [0.5, 0.6) is 0 Å². The zero-order valence-electron chi connectivity index (χ0n) is 14.1. The van der Waals surface area contributed by atoms with Crippen LogP contribution >= 0.6 is 27.3 Å². The smallest absolute Gasteiger partial charge is 0.292 e. The lowest BCUT2D eigenvalue weighted by atomic mass is 9.79. The molecule has 1 aromatic heterocycles. The second-order valence-electron chi connectivity index (χ2n) is 6.50. The standard InChI is InChI=1S/C18H18BrN3O3S/c1-11-7-13-8-24-17(21-15(23)12-5-3-2-4-6-12)22-18(13,10-25-11)16-20-14(19)9-26-16/h2-6,9,11,13H,7-8,10H2,1H3,(H,21,22,23)/t11-,13?,18?/m0/s1. The summed E-state index contributed by atoms with van der Waals surface area (Å²) < 4.78 is 12.5. The predicted octanol–water partition coefficient (Wildman–Crippen LogP) is 3.34. The Morgan fingerprint density at radius 3 is 2.92 bits per heavy atom. The van der Waals surface area contributed by atoms with Crippen molar-refractivity contribution in [2.45, 2.75) is 25.0 Å². The molecule has 0 spiro atoms. The topological polar surface area (TPSA) is 72.8 Å². The highest BCUT2D eigenvalue weighted by molar-refractivity contribution is 9.10. The van der Waals surface area contributed by atoms with Crippen molar-refractivity contribution >= 4 is 39.2 Å². The van der Waals surface area contributed by atoms with Crippen molar-refractivity contribution in [2.24, 2.45) is 10.9 Å². The van der Waals surface area contributed by atoms with E-state index in [4.69, 9.17) is 14.5 Å². The van der Waals surface area contributed by atoms with Gasteiger partial charge in [0.2, 0.25) is 0 Å². The van der Waals surface area contributed by atoms with E-state index in [1.807, 2.05) is 23.6 Å². The number of hydrogen-bond acceptors (Lipinski definition) is 6. The molecule has 0 aliphatic carbocycles. The van der Waals surface area contributed by atoms with Crippen LogP contribution in [0.3, 0.4) is 0 Å². The molecule has 1 N–H and O–H groups in total. The molecule has 136 valence electrons. The van der Waals surface area contributed by atoms with Crippen molar-refractivity contribution in [1.29, 1.82) is 0 Å². The second-order valence-corrected chi connectivity index (χ2v) is 8.17. The van der Waals surface area contributed by atoms with Crippen molar-refractivity contribution in [3.63, 3.8) is 0 Å². The van der Waals surface area contributed by atoms with Crippen molar-refractivity contribution < 1.29 is 14.3 Å². The van der Waals surface area contributed by atoms with Gasteiger partial charge in [-0.15, -0.1) is 11.3 Å². The monoisotopic (exact) mass is 435 g/mol. The SMILES string of the molecule is C[C@H]1CC2COC(NC(=O)c3ccccc3)=NC2(c2nc(Br)cs2)CO1. The first kappa shape index (κ1) is 17.6. The highest BCUT2D eigenvalue weighted by Crippen LogP contribution is 2.44. The van der Waals surface area contributed by atoms with Crippen LogP contribution in [0.25, 0.3) is 0 Å². The Morgan fingerprint density at radius 1 is 1.38 bits per heavy atom. The summed E-state index contributed by atoms with van der Waals surface area (Å²) in [5.74, 6) is -0.0926. The van der Waals surface area contributed by atoms with Gasteiger partial charge < -0.3 is 9.47 Å². The van der Waals surface area contributed by atoms with E-state index in [9.17, 15) is 4.79 Å². The van der Waals surface area contributed by atoms with Crippen LogP contribution < -0.4 is 5.32 Å². The number of fused-ring (bicyclic) bond motifs is 1. The van der Waals surface area contributed by atoms with Gasteiger partial charge in [0.25, 0.3) is 11.9 Å². The van der Waals surface area contributed by atoms with Crippen LogP contribution in [-0.4, -0.2) is 36.2 Å². The molecule has 26 heavy (non-hydrogen) atoms. The Hall–Kier alpha value is -1.77. The maximum absolute atomic E-state index is 12.4. The molecular weight excluding hydrogens is 418 g/mol. The fourth-order valence-corrected chi connectivity index (χ4v) is 4.80. The summed E-state index contributed by atoms with van der Waals surface area (Å²) in [6.45, 7) is 2.95. The van der Waals surface area contributed by atoms with E-state index in [1.54, 1.807) is 12.1 Å². The molecular formula is C18H18BrN3O3S. The number of rotatable bonds is 2. The normalized spacial score (nSPS) is 27.8. The Kier molecular flexibility index (Phi) is 4.81. The average molecular weight is 436 g/mol. The lowest BCUT2D eigenvalue weighted by Gasteiger charge is -2.44. The van der Waals surface area contributed by atoms with Gasteiger partial charge in [-0.2, -0.15) is 0 Å². The van der Waals surface area contributed by atoms with E-state index in [2.05, 4.69) is 33.2 Å². The van der Waals surface area contributed by atoms with E-state index in [0.29, 0.717) is 18.8 Å². The van der Waals surface area contributed by atoms with Crippen LogP contribution in [0.2, 0.25) is 0 Å². The number of aliphatic imine (C=N–C) groups is 1. The number of carbonyl (C=O) groups excluding carboxylic acids is 1. The lowest BCUT2D eigenvalue weighted by Crippen LogP contribution is -2.52. The predicted molar refractivity (Wildman–Crippen MR) is 102 cm³/mol. The van der Waals surface area contributed by atoms with Gasteiger partial charge >= 0.3 is 0 Å². The molecule has 1 fully saturated rings. The average Bonchev–Trinajstić information content (AvgIpc) is 3.09. The number of nitrogens with zero attached hydrogens (tertiary/aromatic N) is 2. The number of amides is 1. The number of aromatic nitrogens is 1. The summed E-state index contributed by atoms with van der Waals surface area (Å²) in [6, 6.07) is 9.23. The van der Waals surface area contributed by atoms with E-state index in [-0.39, 0.29) is 24.0 Å². The summed E-state index contributed by atoms with van der Waals surface area (Å²) in [5.41, 5.74) is -0.0683. The highest BCUT2D eigenvalue weighted by atomic mass is 79.9. The van der Waals surface area contributed by atoms with Crippen molar-refractivity contribution in [3.05, 3.63) is 50.9 Å². The molecule has 8 heteroatoms. The number of benzene rings is 1. The van der Waals surface area contributed by atoms with Crippen LogP contribution in [-0.2, 0) is 15.0 Å². The van der Waals surface area contributed by atoms with Gasteiger partial charge in [0, 0.05) is 16.9 Å². The lowest BCUT2D eigenvalue weighted by molar-refractivity contribution is -0.0740. The summed E-state index contributed by atoms with van der Waals surface area (Å²) in [5, 5.41) is 5.59. The Balaban J connectivity index is 1.65. The van der Waals surface area contributed by atoms with E-state index < -0.39 is 5.54 Å². The first-order valence-electron chi connectivity index (χ1n) is 8.39. The Morgan fingerprint density at radius 2 is 2.19 bits per heavy atom. The first-order chi connectivity index (χ1) is 12.6. The molecule has 6 nitrogen and oxygen atoms in total. The maximum atomic E-state index is 12.4. The molecule has 2 aliphatic heterocycles. The number of thiazole rings is 1. The van der Waals surface area contributed by atoms with Crippen molar-refractivity contribution in [2.75, 3.05) is 13.2 Å². The molecule has 1 saturated heterocycles. The van der Waals surface area contributed by atoms with E-state index >= 15 is 0 Å². The number of carbonyl (C=O) groups is 1. The Labute approximate surface area is 163 Å². The van der Waals surface area contributed by atoms with E-state index in [1.165, 1.54) is 11.3 Å². The van der Waals surface area contributed by atoms with Crippen molar-refractivity contribution in [1.82, 2.24) is 10.3 Å². The molecule has 2 unspecified atom stereocenters. The fourth-order valence-electron chi connectivity index (χ4n) is 3.33. The van der Waals surface area contributed by atoms with Crippen LogP contribution in [0.4, 0.5) is 0 Å². The van der Waals surface area contributed by atoms with Gasteiger partial charge in [-0.1, -0.05) is 18.2 Å².